The number of carbonyl (C=O) groups is 2. The molecule has 22 heavy (non-hydrogen) atoms. The Morgan fingerprint density at radius 2 is 2.05 bits per heavy atom. The van der Waals surface area contributed by atoms with E-state index in [1.54, 1.807) is 6.33 Å². The van der Waals surface area contributed by atoms with E-state index < -0.39 is 6.03 Å². The maximum Gasteiger partial charge on any atom is 0.321 e. The van der Waals surface area contributed by atoms with Crippen molar-refractivity contribution in [3.8, 4) is 0 Å². The maximum atomic E-state index is 11.8. The van der Waals surface area contributed by atoms with Crippen molar-refractivity contribution in [1.29, 1.82) is 0 Å². The molecule has 0 saturated carbocycles. The number of amides is 3. The van der Waals surface area contributed by atoms with Gasteiger partial charge in [-0.15, -0.1) is 10.2 Å². The third-order valence-corrected chi connectivity index (χ3v) is 3.64. The lowest BCUT2D eigenvalue weighted by Gasteiger charge is -2.20. The van der Waals surface area contributed by atoms with Crippen LogP contribution in [0.25, 0.3) is 0 Å². The topological polar surface area (TPSA) is 88.9 Å². The Morgan fingerprint density at radius 1 is 1.32 bits per heavy atom. The smallest absolute Gasteiger partial charge is 0.321 e. The van der Waals surface area contributed by atoms with Gasteiger partial charge in [-0.25, -0.2) is 4.79 Å². The van der Waals surface area contributed by atoms with Crippen LogP contribution in [-0.4, -0.2) is 38.0 Å². The number of hydrogen-bond donors (Lipinski definition) is 2. The molecule has 2 N–H and O–H groups in total. The van der Waals surface area contributed by atoms with E-state index in [9.17, 15) is 9.59 Å². The van der Waals surface area contributed by atoms with Crippen molar-refractivity contribution in [2.45, 2.75) is 64.2 Å². The number of carbonyl (C=O) groups excluding carboxylic acids is 2. The quantitative estimate of drug-likeness (QED) is 0.592. The van der Waals surface area contributed by atoms with Crippen LogP contribution in [0.5, 0.6) is 0 Å². The molecule has 0 aromatic carbocycles. The van der Waals surface area contributed by atoms with Crippen LogP contribution in [0.1, 0.15) is 47.0 Å². The van der Waals surface area contributed by atoms with Crippen LogP contribution >= 0.6 is 11.8 Å². The molecule has 0 radical (unpaired) electrons. The van der Waals surface area contributed by atoms with Gasteiger partial charge in [-0.05, 0) is 27.2 Å². The normalized spacial score (nSPS) is 11.3. The first-order valence-corrected chi connectivity index (χ1v) is 8.43. The van der Waals surface area contributed by atoms with Gasteiger partial charge in [0.25, 0.3) is 0 Å². The van der Waals surface area contributed by atoms with Crippen LogP contribution in [0.15, 0.2) is 11.5 Å². The van der Waals surface area contributed by atoms with E-state index in [1.807, 2.05) is 25.3 Å². The Kier molecular flexibility index (Phi) is 7.37. The molecule has 0 bridgehead atoms. The molecule has 3 amide bonds. The Labute approximate surface area is 135 Å². The molecule has 0 aliphatic heterocycles. The Bertz CT molecular complexity index is 496. The molecule has 0 aliphatic rings. The minimum Gasteiger partial charge on any atom is -0.333 e. The fraction of sp³-hybridized carbons (Fsp3) is 0.714. The van der Waals surface area contributed by atoms with Gasteiger partial charge in [0.2, 0.25) is 5.91 Å². The Balaban J connectivity index is 2.38. The summed E-state index contributed by atoms with van der Waals surface area (Å²) in [6.07, 6.45) is 5.02. The summed E-state index contributed by atoms with van der Waals surface area (Å²) in [5.41, 5.74) is -0.378. The SMILES string of the molecule is CCCCCn1cnnc1SCC(=O)NC(=O)NC(C)(C)C. The lowest BCUT2D eigenvalue weighted by Crippen LogP contribution is -2.48. The van der Waals surface area contributed by atoms with E-state index >= 15 is 0 Å². The summed E-state index contributed by atoms with van der Waals surface area (Å²) >= 11 is 1.28. The fourth-order valence-corrected chi connectivity index (χ4v) is 2.45. The zero-order chi connectivity index (χ0) is 16.6. The summed E-state index contributed by atoms with van der Waals surface area (Å²) in [5, 5.41) is 13.5. The molecule has 0 fully saturated rings. The molecule has 0 unspecified atom stereocenters. The third kappa shape index (κ3) is 7.44. The van der Waals surface area contributed by atoms with Crippen LogP contribution in [0, 0.1) is 0 Å². The first kappa shape index (κ1) is 18.5. The van der Waals surface area contributed by atoms with Crippen LogP contribution in [-0.2, 0) is 11.3 Å². The lowest BCUT2D eigenvalue weighted by molar-refractivity contribution is -0.117. The molecule has 1 aromatic heterocycles. The Morgan fingerprint density at radius 3 is 2.68 bits per heavy atom. The third-order valence-electron chi connectivity index (χ3n) is 2.66. The highest BCUT2D eigenvalue weighted by atomic mass is 32.2. The number of nitrogens with one attached hydrogen (secondary N) is 2. The number of aromatic nitrogens is 3. The largest absolute Gasteiger partial charge is 0.333 e. The van der Waals surface area contributed by atoms with Crippen molar-refractivity contribution in [3.05, 3.63) is 6.33 Å². The number of rotatable bonds is 7. The number of imide groups is 1. The van der Waals surface area contributed by atoms with Crippen molar-refractivity contribution in [2.75, 3.05) is 5.75 Å². The fourth-order valence-electron chi connectivity index (χ4n) is 1.71. The monoisotopic (exact) mass is 327 g/mol. The molecule has 0 atom stereocenters. The molecule has 7 nitrogen and oxygen atoms in total. The average Bonchev–Trinajstić information content (AvgIpc) is 2.82. The molecule has 0 saturated heterocycles. The first-order valence-electron chi connectivity index (χ1n) is 7.44. The van der Waals surface area contributed by atoms with Crippen molar-refractivity contribution < 1.29 is 9.59 Å². The molecule has 0 aliphatic carbocycles. The van der Waals surface area contributed by atoms with Gasteiger partial charge in [0, 0.05) is 12.1 Å². The molecule has 1 heterocycles. The standard InChI is InChI=1S/C14H25N5O2S/c1-5-6-7-8-19-10-15-18-13(19)22-9-11(20)16-12(21)17-14(2,3)4/h10H,5-9H2,1-4H3,(H2,16,17,20,21). The minimum absolute atomic E-state index is 0.129. The van der Waals surface area contributed by atoms with Crippen molar-refractivity contribution in [3.63, 3.8) is 0 Å². The number of hydrogen-bond acceptors (Lipinski definition) is 5. The van der Waals surface area contributed by atoms with Gasteiger partial charge in [-0.2, -0.15) is 0 Å². The second kappa shape index (κ2) is 8.77. The summed E-state index contributed by atoms with van der Waals surface area (Å²) in [6.45, 7) is 8.55. The van der Waals surface area contributed by atoms with E-state index in [0.717, 1.165) is 25.8 Å². The van der Waals surface area contributed by atoms with E-state index in [-0.39, 0.29) is 17.2 Å². The van der Waals surface area contributed by atoms with E-state index in [0.29, 0.717) is 5.16 Å². The maximum absolute atomic E-state index is 11.8. The zero-order valence-electron chi connectivity index (χ0n) is 13.7. The van der Waals surface area contributed by atoms with Crippen LogP contribution < -0.4 is 10.6 Å². The van der Waals surface area contributed by atoms with Crippen LogP contribution in [0.2, 0.25) is 0 Å². The first-order chi connectivity index (χ1) is 10.3. The van der Waals surface area contributed by atoms with Gasteiger partial charge in [-0.3, -0.25) is 10.1 Å². The second-order valence-corrected chi connectivity index (χ2v) is 7.00. The number of urea groups is 1. The number of thioether (sulfide) groups is 1. The molecule has 1 aromatic rings. The highest BCUT2D eigenvalue weighted by molar-refractivity contribution is 7.99. The van der Waals surface area contributed by atoms with Crippen molar-refractivity contribution in [1.82, 2.24) is 25.4 Å². The number of unbranched alkanes of at least 4 members (excludes halogenated alkanes) is 2. The lowest BCUT2D eigenvalue weighted by atomic mass is 10.1. The predicted octanol–water partition coefficient (Wildman–Crippen LogP) is 2.18. The molecular weight excluding hydrogens is 302 g/mol. The number of aryl methyl sites for hydroxylation is 1. The molecular formula is C14H25N5O2S. The average molecular weight is 327 g/mol. The van der Waals surface area contributed by atoms with Gasteiger partial charge in [0.05, 0.1) is 5.75 Å². The highest BCUT2D eigenvalue weighted by Crippen LogP contribution is 2.15. The van der Waals surface area contributed by atoms with Gasteiger partial charge in [-0.1, -0.05) is 31.5 Å². The minimum atomic E-state index is -0.484. The Hall–Kier alpha value is -1.57. The summed E-state index contributed by atoms with van der Waals surface area (Å²) in [5.74, 6) is -0.223. The second-order valence-electron chi connectivity index (χ2n) is 6.05. The highest BCUT2D eigenvalue weighted by Gasteiger charge is 2.16. The van der Waals surface area contributed by atoms with E-state index in [2.05, 4.69) is 27.8 Å². The summed E-state index contributed by atoms with van der Waals surface area (Å²) < 4.78 is 1.93. The molecule has 124 valence electrons. The number of nitrogens with zero attached hydrogens (tertiary/aromatic N) is 3. The van der Waals surface area contributed by atoms with Crippen LogP contribution in [0.3, 0.4) is 0 Å². The van der Waals surface area contributed by atoms with Crippen molar-refractivity contribution >= 4 is 23.7 Å². The van der Waals surface area contributed by atoms with Crippen LogP contribution in [0.4, 0.5) is 4.79 Å². The van der Waals surface area contributed by atoms with Crippen molar-refractivity contribution in [2.24, 2.45) is 0 Å². The van der Waals surface area contributed by atoms with Gasteiger partial charge < -0.3 is 9.88 Å². The molecule has 1 rings (SSSR count). The zero-order valence-corrected chi connectivity index (χ0v) is 14.5. The molecule has 0 spiro atoms. The summed E-state index contributed by atoms with van der Waals surface area (Å²) in [7, 11) is 0. The summed E-state index contributed by atoms with van der Waals surface area (Å²) in [4.78, 5) is 23.3. The van der Waals surface area contributed by atoms with Gasteiger partial charge >= 0.3 is 6.03 Å². The predicted molar refractivity (Wildman–Crippen MR) is 86.7 cm³/mol. The van der Waals surface area contributed by atoms with Gasteiger partial charge in [0.15, 0.2) is 5.16 Å². The van der Waals surface area contributed by atoms with Gasteiger partial charge in [0.1, 0.15) is 6.33 Å². The van der Waals surface area contributed by atoms with E-state index in [1.165, 1.54) is 11.8 Å². The van der Waals surface area contributed by atoms with E-state index in [4.69, 9.17) is 0 Å². The summed E-state index contributed by atoms with van der Waals surface area (Å²) in [6, 6.07) is -0.484. The molecule has 8 heteroatoms.